The molecule has 0 aliphatic carbocycles. The Bertz CT molecular complexity index is 312. The summed E-state index contributed by atoms with van der Waals surface area (Å²) in [6.07, 6.45) is 2.12. The molecule has 0 aromatic heterocycles. The number of likely N-dealkylation sites (N-methyl/N-ethyl adjacent to an activating group) is 2. The number of thiol groups is 1. The van der Waals surface area contributed by atoms with E-state index in [-0.39, 0.29) is 17.9 Å². The highest BCUT2D eigenvalue weighted by Gasteiger charge is 2.28. The van der Waals surface area contributed by atoms with Crippen LogP contribution in [0.3, 0.4) is 0 Å². The average molecular weight is 273 g/mol. The minimum absolute atomic E-state index is 0.0551. The zero-order valence-electron chi connectivity index (χ0n) is 11.3. The molecule has 1 N–H and O–H groups in total. The van der Waals surface area contributed by atoms with Crippen molar-refractivity contribution in [3.05, 3.63) is 0 Å². The molecule has 104 valence electrons. The summed E-state index contributed by atoms with van der Waals surface area (Å²) in [6, 6.07) is -0.296. The Labute approximate surface area is 114 Å². The van der Waals surface area contributed by atoms with Gasteiger partial charge in [-0.05, 0) is 26.4 Å². The molecule has 2 atom stereocenters. The molecule has 5 nitrogen and oxygen atoms in total. The number of likely N-dealkylation sites (tertiary alicyclic amines) is 1. The summed E-state index contributed by atoms with van der Waals surface area (Å²) in [5, 5.41) is 2.64. The first-order chi connectivity index (χ1) is 8.45. The summed E-state index contributed by atoms with van der Waals surface area (Å²) in [5.74, 6) is 0.0720. The zero-order chi connectivity index (χ0) is 13.7. The molecule has 1 heterocycles. The van der Waals surface area contributed by atoms with Gasteiger partial charge in [-0.3, -0.25) is 9.59 Å². The predicted octanol–water partition coefficient (Wildman–Crippen LogP) is -0.0265. The number of carbonyl (C=O) groups is 2. The number of nitrogens with one attached hydrogen (secondary N) is 1. The Morgan fingerprint density at radius 3 is 2.72 bits per heavy atom. The summed E-state index contributed by atoms with van der Waals surface area (Å²) in [4.78, 5) is 27.3. The van der Waals surface area contributed by atoms with Crippen LogP contribution in [0, 0.1) is 0 Å². The average Bonchev–Trinajstić information content (AvgIpc) is 2.34. The molecule has 0 saturated carbocycles. The van der Waals surface area contributed by atoms with Gasteiger partial charge >= 0.3 is 0 Å². The van der Waals surface area contributed by atoms with E-state index in [1.54, 1.807) is 4.90 Å². The van der Waals surface area contributed by atoms with Crippen molar-refractivity contribution in [2.75, 3.05) is 32.9 Å². The fourth-order valence-electron chi connectivity index (χ4n) is 2.31. The second-order valence-electron chi connectivity index (χ2n) is 4.94. The van der Waals surface area contributed by atoms with Crippen LogP contribution in [0.4, 0.5) is 0 Å². The summed E-state index contributed by atoms with van der Waals surface area (Å²) in [5.41, 5.74) is 0. The molecular weight excluding hydrogens is 250 g/mol. The Morgan fingerprint density at radius 1 is 1.56 bits per heavy atom. The maximum absolute atomic E-state index is 12.3. The van der Waals surface area contributed by atoms with Crippen LogP contribution < -0.4 is 5.32 Å². The fraction of sp³-hybridized carbons (Fsp3) is 0.833. The Hall–Kier alpha value is -0.750. The third kappa shape index (κ3) is 4.17. The number of amides is 2. The van der Waals surface area contributed by atoms with Crippen LogP contribution in [0.2, 0.25) is 0 Å². The third-order valence-electron chi connectivity index (χ3n) is 3.35. The number of piperidine rings is 1. The lowest BCUT2D eigenvalue weighted by Crippen LogP contribution is -2.54. The van der Waals surface area contributed by atoms with E-state index in [1.165, 1.54) is 6.92 Å². The minimum atomic E-state index is -0.525. The van der Waals surface area contributed by atoms with E-state index in [2.05, 4.69) is 29.9 Å². The summed E-state index contributed by atoms with van der Waals surface area (Å²) in [6.45, 7) is 3.39. The zero-order valence-corrected chi connectivity index (χ0v) is 12.2. The third-order valence-corrected chi connectivity index (χ3v) is 3.72. The molecule has 0 spiro atoms. The van der Waals surface area contributed by atoms with E-state index in [1.807, 2.05) is 7.05 Å². The molecule has 2 unspecified atom stereocenters. The molecule has 2 amide bonds. The number of carbonyl (C=O) groups excluding carboxylic acids is 2. The second kappa shape index (κ2) is 6.99. The van der Waals surface area contributed by atoms with Crippen molar-refractivity contribution in [1.29, 1.82) is 0 Å². The van der Waals surface area contributed by atoms with E-state index in [0.717, 1.165) is 25.9 Å². The lowest BCUT2D eigenvalue weighted by Gasteiger charge is -2.37. The largest absolute Gasteiger partial charge is 0.344 e. The van der Waals surface area contributed by atoms with Gasteiger partial charge in [0.15, 0.2) is 0 Å². The molecule has 0 aromatic carbocycles. The monoisotopic (exact) mass is 273 g/mol. The van der Waals surface area contributed by atoms with Gasteiger partial charge < -0.3 is 15.1 Å². The summed E-state index contributed by atoms with van der Waals surface area (Å²) >= 11 is 4.13. The van der Waals surface area contributed by atoms with E-state index in [4.69, 9.17) is 0 Å². The van der Waals surface area contributed by atoms with E-state index in [9.17, 15) is 9.59 Å². The molecule has 1 aliphatic rings. The normalized spacial score (nSPS) is 22.3. The van der Waals surface area contributed by atoms with E-state index in [0.29, 0.717) is 5.75 Å². The van der Waals surface area contributed by atoms with Crippen molar-refractivity contribution in [3.8, 4) is 0 Å². The smallest absolute Gasteiger partial charge is 0.246 e. The van der Waals surface area contributed by atoms with Crippen LogP contribution in [-0.4, -0.2) is 66.6 Å². The number of rotatable bonds is 4. The van der Waals surface area contributed by atoms with Gasteiger partial charge in [-0.1, -0.05) is 0 Å². The van der Waals surface area contributed by atoms with Crippen LogP contribution in [0.5, 0.6) is 0 Å². The SMILES string of the molecule is CC(=O)NC(CS)C(=O)N(C)C1CCCN(C)C1. The predicted molar refractivity (Wildman–Crippen MR) is 74.7 cm³/mol. The van der Waals surface area contributed by atoms with Crippen molar-refractivity contribution in [2.45, 2.75) is 31.8 Å². The Morgan fingerprint density at radius 2 is 2.22 bits per heavy atom. The van der Waals surface area contributed by atoms with Gasteiger partial charge in [-0.15, -0.1) is 0 Å². The molecule has 0 radical (unpaired) electrons. The van der Waals surface area contributed by atoms with E-state index >= 15 is 0 Å². The second-order valence-corrected chi connectivity index (χ2v) is 5.31. The highest BCUT2D eigenvalue weighted by molar-refractivity contribution is 7.80. The highest BCUT2D eigenvalue weighted by Crippen LogP contribution is 2.14. The van der Waals surface area contributed by atoms with Gasteiger partial charge in [0, 0.05) is 32.3 Å². The molecule has 1 saturated heterocycles. The van der Waals surface area contributed by atoms with Crippen LogP contribution >= 0.6 is 12.6 Å². The molecule has 1 rings (SSSR count). The molecule has 0 aromatic rings. The standard InChI is InChI=1S/C12H23N3O2S/c1-9(16)13-11(8-18)12(17)15(3)10-5-4-6-14(2)7-10/h10-11,18H,4-8H2,1-3H3,(H,13,16). The van der Waals surface area contributed by atoms with Gasteiger partial charge in [0.2, 0.25) is 11.8 Å². The highest BCUT2D eigenvalue weighted by atomic mass is 32.1. The first-order valence-corrected chi connectivity index (χ1v) is 6.92. The molecule has 1 aliphatic heterocycles. The van der Waals surface area contributed by atoms with Crippen LogP contribution in [0.15, 0.2) is 0 Å². The number of hydrogen-bond donors (Lipinski definition) is 2. The molecule has 18 heavy (non-hydrogen) atoms. The summed E-state index contributed by atoms with van der Waals surface area (Å²) in [7, 11) is 3.87. The summed E-state index contributed by atoms with van der Waals surface area (Å²) < 4.78 is 0. The lowest BCUT2D eigenvalue weighted by molar-refractivity contribution is -0.136. The van der Waals surface area contributed by atoms with Gasteiger partial charge in [0.1, 0.15) is 6.04 Å². The Balaban J connectivity index is 2.60. The Kier molecular flexibility index (Phi) is 5.95. The quantitative estimate of drug-likeness (QED) is 0.708. The van der Waals surface area contributed by atoms with Crippen molar-refractivity contribution < 1.29 is 9.59 Å². The van der Waals surface area contributed by atoms with E-state index < -0.39 is 6.04 Å². The first-order valence-electron chi connectivity index (χ1n) is 6.29. The number of nitrogens with zero attached hydrogens (tertiary/aromatic N) is 2. The van der Waals surface area contributed by atoms with Crippen LogP contribution in [0.25, 0.3) is 0 Å². The molecule has 6 heteroatoms. The van der Waals surface area contributed by atoms with Crippen LogP contribution in [-0.2, 0) is 9.59 Å². The topological polar surface area (TPSA) is 52.7 Å². The van der Waals surface area contributed by atoms with Gasteiger partial charge in [-0.25, -0.2) is 0 Å². The molecule has 0 bridgehead atoms. The van der Waals surface area contributed by atoms with Crippen molar-refractivity contribution in [3.63, 3.8) is 0 Å². The molecular formula is C12H23N3O2S. The minimum Gasteiger partial charge on any atom is -0.344 e. The lowest BCUT2D eigenvalue weighted by atomic mass is 10.0. The maximum atomic E-state index is 12.3. The van der Waals surface area contributed by atoms with Crippen molar-refractivity contribution >= 4 is 24.4 Å². The number of hydrogen-bond acceptors (Lipinski definition) is 4. The van der Waals surface area contributed by atoms with Crippen LogP contribution in [0.1, 0.15) is 19.8 Å². The van der Waals surface area contributed by atoms with Gasteiger partial charge in [-0.2, -0.15) is 12.6 Å². The maximum Gasteiger partial charge on any atom is 0.246 e. The molecule has 1 fully saturated rings. The fourth-order valence-corrected chi connectivity index (χ4v) is 2.56. The first kappa shape index (κ1) is 15.3. The van der Waals surface area contributed by atoms with Crippen molar-refractivity contribution in [1.82, 2.24) is 15.1 Å². The van der Waals surface area contributed by atoms with Gasteiger partial charge in [0.25, 0.3) is 0 Å². The van der Waals surface area contributed by atoms with Crippen molar-refractivity contribution in [2.24, 2.45) is 0 Å². The van der Waals surface area contributed by atoms with Gasteiger partial charge in [0.05, 0.1) is 0 Å².